The van der Waals surface area contributed by atoms with Gasteiger partial charge in [0.1, 0.15) is 11.5 Å². The molecule has 1 aliphatic heterocycles. The Balaban J connectivity index is 1.87. The average Bonchev–Trinajstić information content (AvgIpc) is 2.83. The summed E-state index contributed by atoms with van der Waals surface area (Å²) in [4.78, 5) is 24.5. The molecule has 0 spiro atoms. The molecule has 0 atom stereocenters. The molecule has 7 heteroatoms. The summed E-state index contributed by atoms with van der Waals surface area (Å²) in [5.41, 5.74) is 1.37. The molecule has 0 bridgehead atoms. The molecule has 1 aliphatic rings. The largest absolute Gasteiger partial charge is 0.545 e. The van der Waals surface area contributed by atoms with Crippen LogP contribution >= 0.6 is 12.2 Å². The van der Waals surface area contributed by atoms with Crippen LogP contribution in [0, 0.1) is 5.82 Å². The van der Waals surface area contributed by atoms with Gasteiger partial charge >= 0.3 is 0 Å². The number of carbonyl (C=O) groups excluding carboxylic acids is 2. The lowest BCUT2D eigenvalue weighted by Crippen LogP contribution is -2.30. The van der Waals surface area contributed by atoms with Crippen LogP contribution in [0.4, 0.5) is 10.1 Å². The van der Waals surface area contributed by atoms with Gasteiger partial charge in [0.2, 0.25) is 0 Å². The van der Waals surface area contributed by atoms with Gasteiger partial charge in [-0.15, -0.1) is 0 Å². The second kappa shape index (κ2) is 6.21. The van der Waals surface area contributed by atoms with Gasteiger partial charge in [0, 0.05) is 0 Å². The zero-order valence-electron chi connectivity index (χ0n) is 12.2. The summed E-state index contributed by atoms with van der Waals surface area (Å²) >= 11 is 5.15. The SMILES string of the molecule is O=C([O-])c1ccc(/C=C2/NC(=S)N(c3ccc(F)cc3)C2=O)cc1. The number of carbonyl (C=O) groups is 2. The minimum absolute atomic E-state index is 0.0475. The maximum absolute atomic E-state index is 13.0. The number of halogens is 1. The molecule has 0 aliphatic carbocycles. The molecule has 120 valence electrons. The third-order valence-electron chi connectivity index (χ3n) is 3.42. The zero-order valence-corrected chi connectivity index (χ0v) is 13.0. The number of nitrogens with one attached hydrogen (secondary N) is 1. The molecular weight excluding hydrogens is 331 g/mol. The molecule has 0 aromatic heterocycles. The molecule has 0 unspecified atom stereocenters. The van der Waals surface area contributed by atoms with Crippen LogP contribution in [0.1, 0.15) is 15.9 Å². The van der Waals surface area contributed by atoms with E-state index in [9.17, 15) is 19.1 Å². The van der Waals surface area contributed by atoms with E-state index in [0.717, 1.165) is 0 Å². The average molecular weight is 341 g/mol. The molecule has 0 radical (unpaired) electrons. The standard InChI is InChI=1S/C17H11FN2O3S/c18-12-5-7-13(8-6-12)20-15(21)14(19-17(20)24)9-10-1-3-11(4-2-10)16(22)23/h1-9H,(H,19,24)(H,22,23)/p-1/b14-9+. The fourth-order valence-corrected chi connectivity index (χ4v) is 2.54. The van der Waals surface area contributed by atoms with Crippen LogP contribution in [0.15, 0.2) is 54.2 Å². The predicted molar refractivity (Wildman–Crippen MR) is 88.4 cm³/mol. The molecule has 1 fully saturated rings. The number of benzene rings is 2. The minimum Gasteiger partial charge on any atom is -0.545 e. The van der Waals surface area contributed by atoms with Gasteiger partial charge in [-0.3, -0.25) is 9.69 Å². The molecule has 2 aromatic carbocycles. The molecule has 5 nitrogen and oxygen atoms in total. The Labute approximate surface area is 142 Å². The lowest BCUT2D eigenvalue weighted by atomic mass is 10.1. The van der Waals surface area contributed by atoms with Crippen molar-refractivity contribution in [2.24, 2.45) is 0 Å². The number of hydrogen-bond acceptors (Lipinski definition) is 4. The number of anilines is 1. The van der Waals surface area contributed by atoms with Crippen LogP contribution < -0.4 is 15.3 Å². The summed E-state index contributed by atoms with van der Waals surface area (Å²) in [7, 11) is 0. The highest BCUT2D eigenvalue weighted by molar-refractivity contribution is 7.80. The Hall–Kier alpha value is -3.06. The maximum atomic E-state index is 13.0. The van der Waals surface area contributed by atoms with Gasteiger partial charge in [0.05, 0.1) is 11.7 Å². The van der Waals surface area contributed by atoms with Crippen LogP contribution in [0.3, 0.4) is 0 Å². The first-order valence-corrected chi connectivity index (χ1v) is 7.30. The Bertz CT molecular complexity index is 860. The number of carboxylic acid groups (broad SMARTS) is 1. The Kier molecular flexibility index (Phi) is 4.09. The van der Waals surface area contributed by atoms with Crippen LogP contribution in [-0.4, -0.2) is 17.0 Å². The lowest BCUT2D eigenvalue weighted by molar-refractivity contribution is -0.255. The van der Waals surface area contributed by atoms with E-state index in [4.69, 9.17) is 12.2 Å². The van der Waals surface area contributed by atoms with Crippen molar-refractivity contribution in [1.82, 2.24) is 5.32 Å². The third kappa shape index (κ3) is 3.02. The van der Waals surface area contributed by atoms with Crippen molar-refractivity contribution in [3.63, 3.8) is 0 Å². The van der Waals surface area contributed by atoms with Gasteiger partial charge in [0.15, 0.2) is 5.11 Å². The van der Waals surface area contributed by atoms with E-state index in [1.54, 1.807) is 18.2 Å². The van der Waals surface area contributed by atoms with Crippen molar-refractivity contribution >= 4 is 41.0 Å². The highest BCUT2D eigenvalue weighted by Gasteiger charge is 2.31. The molecule has 1 saturated heterocycles. The Morgan fingerprint density at radius 2 is 1.75 bits per heavy atom. The second-order valence-corrected chi connectivity index (χ2v) is 5.40. The van der Waals surface area contributed by atoms with Crippen molar-refractivity contribution in [2.75, 3.05) is 4.90 Å². The van der Waals surface area contributed by atoms with Crippen LogP contribution in [0.5, 0.6) is 0 Å². The maximum Gasteiger partial charge on any atom is 0.281 e. The van der Waals surface area contributed by atoms with Gasteiger partial charge in [0.25, 0.3) is 5.91 Å². The molecule has 1 heterocycles. The van der Waals surface area contributed by atoms with Gasteiger partial charge in [-0.05, 0) is 53.7 Å². The fourth-order valence-electron chi connectivity index (χ4n) is 2.24. The number of amides is 1. The quantitative estimate of drug-likeness (QED) is 0.676. The number of nitrogens with zero attached hydrogens (tertiary/aromatic N) is 1. The summed E-state index contributed by atoms with van der Waals surface area (Å²) in [5.74, 6) is -2.06. The van der Waals surface area contributed by atoms with E-state index in [-0.39, 0.29) is 22.3 Å². The molecule has 2 aromatic rings. The van der Waals surface area contributed by atoms with Crippen molar-refractivity contribution in [3.05, 3.63) is 71.2 Å². The Morgan fingerprint density at radius 1 is 1.12 bits per heavy atom. The van der Waals surface area contributed by atoms with Crippen molar-refractivity contribution in [3.8, 4) is 0 Å². The number of thiocarbonyl (C=S) groups is 1. The number of aromatic carboxylic acids is 1. The highest BCUT2D eigenvalue weighted by Crippen LogP contribution is 2.22. The third-order valence-corrected chi connectivity index (χ3v) is 3.71. The van der Waals surface area contributed by atoms with Gasteiger partial charge in [-0.1, -0.05) is 24.3 Å². The van der Waals surface area contributed by atoms with E-state index in [0.29, 0.717) is 11.3 Å². The molecule has 0 saturated carbocycles. The van der Waals surface area contributed by atoms with Gasteiger partial charge in [-0.25, -0.2) is 4.39 Å². The first-order chi connectivity index (χ1) is 11.5. The topological polar surface area (TPSA) is 72.5 Å². The molecule has 1 amide bonds. The molecule has 3 rings (SSSR count). The van der Waals surface area contributed by atoms with E-state index < -0.39 is 11.8 Å². The summed E-state index contributed by atoms with van der Waals surface area (Å²) in [6.07, 6.45) is 1.55. The summed E-state index contributed by atoms with van der Waals surface area (Å²) in [6.45, 7) is 0. The monoisotopic (exact) mass is 341 g/mol. The molecule has 24 heavy (non-hydrogen) atoms. The smallest absolute Gasteiger partial charge is 0.281 e. The summed E-state index contributed by atoms with van der Waals surface area (Å²) in [6, 6.07) is 11.3. The van der Waals surface area contributed by atoms with Gasteiger partial charge < -0.3 is 15.2 Å². The predicted octanol–water partition coefficient (Wildman–Crippen LogP) is 1.45. The van der Waals surface area contributed by atoms with Crippen molar-refractivity contribution in [2.45, 2.75) is 0 Å². The van der Waals surface area contributed by atoms with E-state index in [1.165, 1.54) is 41.3 Å². The first kappa shape index (κ1) is 15.8. The normalized spacial score (nSPS) is 15.7. The molecule has 1 N–H and O–H groups in total. The number of hydrogen-bond donors (Lipinski definition) is 1. The highest BCUT2D eigenvalue weighted by atomic mass is 32.1. The van der Waals surface area contributed by atoms with E-state index in [2.05, 4.69) is 5.32 Å². The van der Waals surface area contributed by atoms with E-state index in [1.807, 2.05) is 0 Å². The van der Waals surface area contributed by atoms with Crippen molar-refractivity contribution < 1.29 is 19.1 Å². The summed E-state index contributed by atoms with van der Waals surface area (Å²) < 4.78 is 13.0. The van der Waals surface area contributed by atoms with Crippen LogP contribution in [-0.2, 0) is 4.79 Å². The Morgan fingerprint density at radius 3 is 2.33 bits per heavy atom. The van der Waals surface area contributed by atoms with Crippen LogP contribution in [0.2, 0.25) is 0 Å². The summed E-state index contributed by atoms with van der Waals surface area (Å²) in [5, 5.41) is 13.7. The first-order valence-electron chi connectivity index (χ1n) is 6.90. The van der Waals surface area contributed by atoms with Gasteiger partial charge in [-0.2, -0.15) is 0 Å². The number of carboxylic acids is 1. The zero-order chi connectivity index (χ0) is 17.3. The second-order valence-electron chi connectivity index (χ2n) is 5.01. The minimum atomic E-state index is -1.27. The van der Waals surface area contributed by atoms with Crippen LogP contribution in [0.25, 0.3) is 6.08 Å². The fraction of sp³-hybridized carbons (Fsp3) is 0. The number of rotatable bonds is 3. The van der Waals surface area contributed by atoms with E-state index >= 15 is 0 Å². The lowest BCUT2D eigenvalue weighted by Gasteiger charge is -2.13. The molecular formula is C17H10FN2O3S-. The van der Waals surface area contributed by atoms with Crippen molar-refractivity contribution in [1.29, 1.82) is 0 Å².